The Morgan fingerprint density at radius 1 is 1.21 bits per heavy atom. The second-order valence-electron chi connectivity index (χ2n) is 4.65. The smallest absolute Gasteiger partial charge is 0.270 e. The van der Waals surface area contributed by atoms with E-state index in [4.69, 9.17) is 5.73 Å². The minimum absolute atomic E-state index is 0.0554. The Hall–Kier alpha value is -2.20. The van der Waals surface area contributed by atoms with Gasteiger partial charge >= 0.3 is 0 Å². The van der Waals surface area contributed by atoms with Crippen LogP contribution < -0.4 is 5.73 Å². The molecule has 2 aromatic carbocycles. The van der Waals surface area contributed by atoms with Gasteiger partial charge in [-0.05, 0) is 30.0 Å². The molecule has 0 aliphatic carbocycles. The lowest BCUT2D eigenvalue weighted by Gasteiger charge is -2.11. The average molecular weight is 256 g/mol. The average Bonchev–Trinajstić information content (AvgIpc) is 2.39. The summed E-state index contributed by atoms with van der Waals surface area (Å²) in [6, 6.07) is 14.6. The maximum Gasteiger partial charge on any atom is 0.270 e. The lowest BCUT2D eigenvalue weighted by atomic mass is 9.95. The molecule has 0 saturated carbocycles. The Kier molecular flexibility index (Phi) is 3.92. The van der Waals surface area contributed by atoms with Gasteiger partial charge in [0.05, 0.1) is 4.92 Å². The van der Waals surface area contributed by atoms with Crippen LogP contribution in [0.25, 0.3) is 11.1 Å². The first-order valence-electron chi connectivity index (χ1n) is 6.16. The zero-order chi connectivity index (χ0) is 13.8. The van der Waals surface area contributed by atoms with Crippen LogP contribution in [0.4, 0.5) is 5.69 Å². The first kappa shape index (κ1) is 13.2. The molecule has 19 heavy (non-hydrogen) atoms. The highest BCUT2D eigenvalue weighted by molar-refractivity contribution is 5.69. The zero-order valence-electron chi connectivity index (χ0n) is 10.7. The van der Waals surface area contributed by atoms with E-state index < -0.39 is 0 Å². The van der Waals surface area contributed by atoms with Gasteiger partial charge in [-0.25, -0.2) is 0 Å². The van der Waals surface area contributed by atoms with Crippen molar-refractivity contribution in [2.45, 2.75) is 19.4 Å². The van der Waals surface area contributed by atoms with Crippen molar-refractivity contribution >= 4 is 5.69 Å². The van der Waals surface area contributed by atoms with Crippen LogP contribution in [0.2, 0.25) is 0 Å². The number of hydrogen-bond donors (Lipinski definition) is 1. The molecule has 4 nitrogen and oxygen atoms in total. The van der Waals surface area contributed by atoms with E-state index in [0.29, 0.717) is 0 Å². The Bertz CT molecular complexity index is 594. The van der Waals surface area contributed by atoms with Crippen molar-refractivity contribution in [3.63, 3.8) is 0 Å². The fraction of sp³-hybridized carbons (Fsp3) is 0.200. The second kappa shape index (κ2) is 5.63. The van der Waals surface area contributed by atoms with Crippen LogP contribution in [0, 0.1) is 10.1 Å². The number of nitrogens with zero attached hydrogens (tertiary/aromatic N) is 1. The highest BCUT2D eigenvalue weighted by Crippen LogP contribution is 2.27. The van der Waals surface area contributed by atoms with Crippen LogP contribution in [0.3, 0.4) is 0 Å². The third-order valence-electron chi connectivity index (χ3n) is 2.93. The monoisotopic (exact) mass is 256 g/mol. The molecule has 0 saturated heterocycles. The number of nitro benzene ring substituents is 1. The van der Waals surface area contributed by atoms with E-state index >= 15 is 0 Å². The fourth-order valence-corrected chi connectivity index (χ4v) is 2.11. The van der Waals surface area contributed by atoms with Crippen LogP contribution >= 0.6 is 0 Å². The van der Waals surface area contributed by atoms with Crippen LogP contribution in [-0.4, -0.2) is 11.0 Å². The van der Waals surface area contributed by atoms with Crippen molar-refractivity contribution in [3.05, 3.63) is 64.2 Å². The zero-order valence-corrected chi connectivity index (χ0v) is 10.7. The topological polar surface area (TPSA) is 69.2 Å². The molecule has 0 bridgehead atoms. The van der Waals surface area contributed by atoms with E-state index in [9.17, 15) is 10.1 Å². The Labute approximate surface area is 112 Å². The third kappa shape index (κ3) is 3.17. The van der Waals surface area contributed by atoms with Gasteiger partial charge in [-0.3, -0.25) is 10.1 Å². The van der Waals surface area contributed by atoms with E-state index in [-0.39, 0.29) is 16.7 Å². The maximum absolute atomic E-state index is 10.8. The summed E-state index contributed by atoms with van der Waals surface area (Å²) >= 11 is 0. The van der Waals surface area contributed by atoms with Crippen LogP contribution in [-0.2, 0) is 6.42 Å². The van der Waals surface area contributed by atoms with Crippen molar-refractivity contribution in [1.82, 2.24) is 0 Å². The van der Waals surface area contributed by atoms with Gasteiger partial charge in [0.25, 0.3) is 5.69 Å². The summed E-state index contributed by atoms with van der Waals surface area (Å²) in [5, 5.41) is 10.8. The van der Waals surface area contributed by atoms with E-state index in [1.54, 1.807) is 12.1 Å². The minimum atomic E-state index is -0.377. The van der Waals surface area contributed by atoms with Gasteiger partial charge in [0.15, 0.2) is 0 Å². The van der Waals surface area contributed by atoms with Gasteiger partial charge in [0.1, 0.15) is 0 Å². The summed E-state index contributed by atoms with van der Waals surface area (Å²) in [4.78, 5) is 10.5. The molecule has 0 fully saturated rings. The molecule has 2 N–H and O–H groups in total. The number of rotatable bonds is 4. The van der Waals surface area contributed by atoms with Gasteiger partial charge in [0.2, 0.25) is 0 Å². The van der Waals surface area contributed by atoms with E-state index in [0.717, 1.165) is 23.1 Å². The summed E-state index contributed by atoms with van der Waals surface area (Å²) in [5.41, 5.74) is 8.91. The van der Waals surface area contributed by atoms with Crippen LogP contribution in [0.15, 0.2) is 48.5 Å². The quantitative estimate of drug-likeness (QED) is 0.674. The highest BCUT2D eigenvalue weighted by atomic mass is 16.6. The molecule has 4 heteroatoms. The predicted octanol–water partition coefficient (Wildman–Crippen LogP) is 3.15. The molecule has 0 radical (unpaired) electrons. The second-order valence-corrected chi connectivity index (χ2v) is 4.65. The summed E-state index contributed by atoms with van der Waals surface area (Å²) < 4.78 is 0. The molecule has 1 atom stereocenters. The number of hydrogen-bond acceptors (Lipinski definition) is 3. The molecular weight excluding hydrogens is 240 g/mol. The summed E-state index contributed by atoms with van der Waals surface area (Å²) in [6.45, 7) is 1.95. The van der Waals surface area contributed by atoms with Gasteiger partial charge < -0.3 is 5.73 Å². The maximum atomic E-state index is 10.8. The Morgan fingerprint density at radius 2 is 1.95 bits per heavy atom. The minimum Gasteiger partial charge on any atom is -0.328 e. The van der Waals surface area contributed by atoms with Crippen molar-refractivity contribution in [2.24, 2.45) is 5.73 Å². The lowest BCUT2D eigenvalue weighted by molar-refractivity contribution is -0.384. The van der Waals surface area contributed by atoms with Crippen molar-refractivity contribution in [1.29, 1.82) is 0 Å². The Morgan fingerprint density at radius 3 is 2.63 bits per heavy atom. The molecule has 0 amide bonds. The van der Waals surface area contributed by atoms with Crippen LogP contribution in [0.5, 0.6) is 0 Å². The Balaban J connectivity index is 2.46. The van der Waals surface area contributed by atoms with Crippen LogP contribution in [0.1, 0.15) is 12.5 Å². The molecule has 98 valence electrons. The summed E-state index contributed by atoms with van der Waals surface area (Å²) in [7, 11) is 0. The molecule has 0 heterocycles. The lowest BCUT2D eigenvalue weighted by Crippen LogP contribution is -2.18. The number of benzene rings is 2. The molecule has 2 aromatic rings. The largest absolute Gasteiger partial charge is 0.328 e. The number of nitro groups is 1. The molecule has 0 spiro atoms. The first-order chi connectivity index (χ1) is 9.08. The third-order valence-corrected chi connectivity index (χ3v) is 2.93. The molecule has 0 aromatic heterocycles. The highest BCUT2D eigenvalue weighted by Gasteiger charge is 2.10. The van der Waals surface area contributed by atoms with Crippen molar-refractivity contribution in [3.8, 4) is 11.1 Å². The summed E-state index contributed by atoms with van der Waals surface area (Å²) in [6.07, 6.45) is 0.749. The molecular formula is C15H16N2O2. The van der Waals surface area contributed by atoms with Gasteiger partial charge in [-0.1, -0.05) is 36.4 Å². The van der Waals surface area contributed by atoms with E-state index in [1.807, 2.05) is 37.3 Å². The summed E-state index contributed by atoms with van der Waals surface area (Å²) in [5.74, 6) is 0. The van der Waals surface area contributed by atoms with E-state index in [2.05, 4.69) is 0 Å². The SMILES string of the molecule is CC(N)Cc1ccccc1-c1cccc([N+](=O)[O-])c1. The number of non-ortho nitro benzene ring substituents is 1. The first-order valence-corrected chi connectivity index (χ1v) is 6.16. The number of nitrogens with two attached hydrogens (primary N) is 1. The molecule has 2 rings (SSSR count). The van der Waals surface area contributed by atoms with E-state index in [1.165, 1.54) is 6.07 Å². The van der Waals surface area contributed by atoms with Crippen molar-refractivity contribution < 1.29 is 4.92 Å². The standard InChI is InChI=1S/C15H16N2O2/c1-11(16)9-12-5-2-3-8-15(12)13-6-4-7-14(10-13)17(18)19/h2-8,10-11H,9,16H2,1H3. The predicted molar refractivity (Wildman–Crippen MR) is 75.9 cm³/mol. The molecule has 0 aliphatic heterocycles. The molecule has 1 unspecified atom stereocenters. The van der Waals surface area contributed by atoms with Gasteiger partial charge in [-0.15, -0.1) is 0 Å². The fourth-order valence-electron chi connectivity index (χ4n) is 2.11. The van der Waals surface area contributed by atoms with Gasteiger partial charge in [0, 0.05) is 18.2 Å². The van der Waals surface area contributed by atoms with Crippen molar-refractivity contribution in [2.75, 3.05) is 0 Å². The van der Waals surface area contributed by atoms with Gasteiger partial charge in [-0.2, -0.15) is 0 Å². The normalized spacial score (nSPS) is 12.1. The molecule has 0 aliphatic rings.